The second-order valence-corrected chi connectivity index (χ2v) is 9.00. The normalized spacial score (nSPS) is 12.5. The number of aryl methyl sites for hydroxylation is 1. The number of hydrogen-bond donors (Lipinski definition) is 1. The van der Waals surface area contributed by atoms with E-state index < -0.39 is 10.0 Å². The van der Waals surface area contributed by atoms with E-state index in [-0.39, 0.29) is 23.3 Å². The summed E-state index contributed by atoms with van der Waals surface area (Å²) in [4.78, 5) is 13.7. The number of rotatable bonds is 11. The van der Waals surface area contributed by atoms with Gasteiger partial charge in [-0.15, -0.1) is 0 Å². The summed E-state index contributed by atoms with van der Waals surface area (Å²) in [6.45, 7) is 2.77. The molecule has 0 spiro atoms. The molecule has 29 heavy (non-hydrogen) atoms. The summed E-state index contributed by atoms with van der Waals surface area (Å²) in [5.41, 5.74) is 2.05. The lowest BCUT2D eigenvalue weighted by Gasteiger charge is -2.20. The molecular formula is C22H30N2O4S. The van der Waals surface area contributed by atoms with Crippen molar-refractivity contribution >= 4 is 15.9 Å². The van der Waals surface area contributed by atoms with Crippen LogP contribution < -0.4 is 4.72 Å². The van der Waals surface area contributed by atoms with E-state index in [2.05, 4.69) is 4.72 Å². The fourth-order valence-corrected chi connectivity index (χ4v) is 4.08. The first-order valence-electron chi connectivity index (χ1n) is 9.69. The Bertz CT molecular complexity index is 865. The Balaban J connectivity index is 1.97. The van der Waals surface area contributed by atoms with Gasteiger partial charge in [0.1, 0.15) is 0 Å². The number of carbonyl (C=O) groups excluding carboxylic acids is 1. The fourth-order valence-electron chi connectivity index (χ4n) is 2.78. The maximum atomic E-state index is 12.7. The van der Waals surface area contributed by atoms with Gasteiger partial charge in [0.25, 0.3) is 0 Å². The summed E-state index contributed by atoms with van der Waals surface area (Å²) in [6, 6.07) is 16.1. The first kappa shape index (κ1) is 23.1. The molecule has 1 amide bonds. The van der Waals surface area contributed by atoms with Crippen LogP contribution in [0.1, 0.15) is 30.4 Å². The number of ether oxygens (including phenoxy) is 1. The van der Waals surface area contributed by atoms with Gasteiger partial charge in [-0.1, -0.05) is 48.0 Å². The van der Waals surface area contributed by atoms with Crippen LogP contribution >= 0.6 is 0 Å². The second kappa shape index (κ2) is 11.1. The molecule has 6 nitrogen and oxygen atoms in total. The van der Waals surface area contributed by atoms with Gasteiger partial charge >= 0.3 is 0 Å². The molecule has 0 unspecified atom stereocenters. The lowest BCUT2D eigenvalue weighted by Crippen LogP contribution is -2.37. The fraction of sp³-hybridized carbons (Fsp3) is 0.409. The molecule has 158 valence electrons. The van der Waals surface area contributed by atoms with Crippen molar-refractivity contribution in [1.82, 2.24) is 9.62 Å². The van der Waals surface area contributed by atoms with Gasteiger partial charge in [0.05, 0.1) is 11.5 Å². The van der Waals surface area contributed by atoms with E-state index in [0.717, 1.165) is 11.1 Å². The van der Waals surface area contributed by atoms with E-state index in [1.165, 1.54) is 4.90 Å². The van der Waals surface area contributed by atoms with Crippen LogP contribution in [-0.2, 0) is 26.2 Å². The molecule has 0 heterocycles. The molecule has 2 rings (SSSR count). The lowest BCUT2D eigenvalue weighted by atomic mass is 10.1. The van der Waals surface area contributed by atoms with Crippen LogP contribution in [0.2, 0.25) is 0 Å². The Morgan fingerprint density at radius 3 is 2.31 bits per heavy atom. The van der Waals surface area contributed by atoms with Gasteiger partial charge in [0.15, 0.2) is 0 Å². The Morgan fingerprint density at radius 1 is 1.03 bits per heavy atom. The molecule has 0 aliphatic rings. The topological polar surface area (TPSA) is 75.7 Å². The predicted molar refractivity (Wildman–Crippen MR) is 114 cm³/mol. The second-order valence-electron chi connectivity index (χ2n) is 7.28. The molecule has 1 atom stereocenters. The van der Waals surface area contributed by atoms with Gasteiger partial charge in [0, 0.05) is 33.2 Å². The summed E-state index contributed by atoms with van der Waals surface area (Å²) in [5, 5.41) is 0. The molecule has 2 aromatic rings. The number of amides is 1. The molecule has 0 aromatic heterocycles. The first-order valence-corrected chi connectivity index (χ1v) is 11.2. The van der Waals surface area contributed by atoms with Crippen LogP contribution in [0.4, 0.5) is 0 Å². The largest absolute Gasteiger partial charge is 0.377 e. The molecule has 0 aliphatic carbocycles. The van der Waals surface area contributed by atoms with Crippen molar-refractivity contribution in [2.45, 2.75) is 43.7 Å². The number of nitrogens with zero attached hydrogens (tertiary/aromatic N) is 1. The van der Waals surface area contributed by atoms with Crippen LogP contribution in [0, 0.1) is 6.92 Å². The highest BCUT2D eigenvalue weighted by molar-refractivity contribution is 7.89. The van der Waals surface area contributed by atoms with Crippen molar-refractivity contribution in [3.8, 4) is 0 Å². The van der Waals surface area contributed by atoms with E-state index in [1.54, 1.807) is 38.4 Å². The van der Waals surface area contributed by atoms with E-state index >= 15 is 0 Å². The average Bonchev–Trinajstić information content (AvgIpc) is 2.69. The molecule has 1 N–H and O–H groups in total. The van der Waals surface area contributed by atoms with E-state index in [9.17, 15) is 13.2 Å². The van der Waals surface area contributed by atoms with Crippen molar-refractivity contribution in [2.75, 3.05) is 20.7 Å². The Morgan fingerprint density at radius 2 is 1.69 bits per heavy atom. The third-order valence-corrected chi connectivity index (χ3v) is 6.12. The van der Waals surface area contributed by atoms with Gasteiger partial charge in [-0.2, -0.15) is 0 Å². The number of carbonyl (C=O) groups is 1. The van der Waals surface area contributed by atoms with Crippen molar-refractivity contribution in [3.05, 3.63) is 65.7 Å². The van der Waals surface area contributed by atoms with Crippen LogP contribution in [0.3, 0.4) is 0 Å². The van der Waals surface area contributed by atoms with Crippen molar-refractivity contribution in [1.29, 1.82) is 0 Å². The summed E-state index contributed by atoms with van der Waals surface area (Å²) in [5.74, 6) is -0.0327. The summed E-state index contributed by atoms with van der Waals surface area (Å²) < 4.78 is 33.9. The van der Waals surface area contributed by atoms with Crippen molar-refractivity contribution in [3.63, 3.8) is 0 Å². The summed E-state index contributed by atoms with van der Waals surface area (Å²) in [6.07, 6.45) is 1.17. The summed E-state index contributed by atoms with van der Waals surface area (Å²) >= 11 is 0. The number of hydrogen-bond acceptors (Lipinski definition) is 4. The van der Waals surface area contributed by atoms with E-state index in [4.69, 9.17) is 4.74 Å². The predicted octanol–water partition coefficient (Wildman–Crippen LogP) is 3.12. The van der Waals surface area contributed by atoms with Gasteiger partial charge in [0.2, 0.25) is 15.9 Å². The standard InChI is InChI=1S/C22H30N2O4S/c1-18-9-12-21(13-10-18)29(26,27)23-20(11-14-22(25)24(2)3)15-16-28-17-19-7-5-4-6-8-19/h4-10,12-13,20,23H,11,14-17H2,1-3H3/t20-/m0/s1. The van der Waals surface area contributed by atoms with Gasteiger partial charge in [-0.3, -0.25) is 4.79 Å². The van der Waals surface area contributed by atoms with Crippen LogP contribution in [-0.4, -0.2) is 46.0 Å². The zero-order chi connectivity index (χ0) is 21.3. The minimum absolute atomic E-state index is 0.0327. The average molecular weight is 419 g/mol. The minimum atomic E-state index is -3.66. The summed E-state index contributed by atoms with van der Waals surface area (Å²) in [7, 11) is -0.282. The highest BCUT2D eigenvalue weighted by Gasteiger charge is 2.21. The number of benzene rings is 2. The monoisotopic (exact) mass is 418 g/mol. The van der Waals surface area contributed by atoms with E-state index in [1.807, 2.05) is 37.3 Å². The van der Waals surface area contributed by atoms with Gasteiger partial charge in [-0.25, -0.2) is 13.1 Å². The van der Waals surface area contributed by atoms with Crippen LogP contribution in [0.5, 0.6) is 0 Å². The molecular weight excluding hydrogens is 388 g/mol. The number of sulfonamides is 1. The molecule has 0 saturated carbocycles. The van der Waals surface area contributed by atoms with Gasteiger partial charge < -0.3 is 9.64 Å². The van der Waals surface area contributed by atoms with E-state index in [0.29, 0.717) is 26.1 Å². The van der Waals surface area contributed by atoms with Crippen LogP contribution in [0.15, 0.2) is 59.5 Å². The molecule has 0 radical (unpaired) electrons. The smallest absolute Gasteiger partial charge is 0.240 e. The third-order valence-electron chi connectivity index (χ3n) is 4.58. The minimum Gasteiger partial charge on any atom is -0.377 e. The highest BCUT2D eigenvalue weighted by atomic mass is 32.2. The Kier molecular flexibility index (Phi) is 8.82. The van der Waals surface area contributed by atoms with Crippen molar-refractivity contribution in [2.24, 2.45) is 0 Å². The molecule has 0 aliphatic heterocycles. The SMILES string of the molecule is Cc1ccc(S(=O)(=O)N[C@H](CCOCc2ccccc2)CCC(=O)N(C)C)cc1. The Labute approximate surface area is 173 Å². The molecule has 0 fully saturated rings. The quantitative estimate of drug-likeness (QED) is 0.569. The number of nitrogens with one attached hydrogen (secondary N) is 1. The molecule has 0 saturated heterocycles. The zero-order valence-electron chi connectivity index (χ0n) is 17.3. The molecule has 7 heteroatoms. The van der Waals surface area contributed by atoms with Crippen molar-refractivity contribution < 1.29 is 17.9 Å². The molecule has 2 aromatic carbocycles. The highest BCUT2D eigenvalue weighted by Crippen LogP contribution is 2.14. The maximum Gasteiger partial charge on any atom is 0.240 e. The zero-order valence-corrected chi connectivity index (χ0v) is 18.1. The third kappa shape index (κ3) is 7.97. The lowest BCUT2D eigenvalue weighted by molar-refractivity contribution is -0.128. The van der Waals surface area contributed by atoms with Gasteiger partial charge in [-0.05, 0) is 37.5 Å². The Hall–Kier alpha value is -2.22. The first-order chi connectivity index (χ1) is 13.8. The van der Waals surface area contributed by atoms with Crippen LogP contribution in [0.25, 0.3) is 0 Å². The maximum absolute atomic E-state index is 12.7. The molecule has 0 bridgehead atoms.